The van der Waals surface area contributed by atoms with E-state index >= 15 is 0 Å². The molecule has 0 aromatic carbocycles. The summed E-state index contributed by atoms with van der Waals surface area (Å²) in [5.41, 5.74) is 5.96. The lowest BCUT2D eigenvalue weighted by Crippen LogP contribution is -2.32. The van der Waals surface area contributed by atoms with Crippen LogP contribution in [0.15, 0.2) is 41.4 Å². The average molecular weight is 365 g/mol. The highest BCUT2D eigenvalue weighted by Gasteiger charge is 2.22. The molecule has 1 aliphatic heterocycles. The van der Waals surface area contributed by atoms with Gasteiger partial charge < -0.3 is 0 Å². The maximum atomic E-state index is 4.82. The molecule has 0 saturated carbocycles. The van der Waals surface area contributed by atoms with Gasteiger partial charge in [0.1, 0.15) is 5.82 Å². The summed E-state index contributed by atoms with van der Waals surface area (Å²) in [4.78, 5) is 16.5. The lowest BCUT2D eigenvalue weighted by Gasteiger charge is -2.29. The molecule has 0 N–H and O–H groups in total. The van der Waals surface area contributed by atoms with Crippen molar-refractivity contribution in [1.29, 1.82) is 0 Å². The molecule has 0 radical (unpaired) electrons. The van der Waals surface area contributed by atoms with Crippen LogP contribution in [0.1, 0.15) is 43.4 Å². The molecule has 0 amide bonds. The summed E-state index contributed by atoms with van der Waals surface area (Å²) in [6.45, 7) is 9.34. The Balaban J connectivity index is 1.44. The maximum absolute atomic E-state index is 4.82. The van der Waals surface area contributed by atoms with Crippen molar-refractivity contribution in [2.24, 2.45) is 0 Å². The smallest absolute Gasteiger partial charge is 0.133 e. The van der Waals surface area contributed by atoms with Gasteiger partial charge in [0, 0.05) is 66.1 Å². The summed E-state index contributed by atoms with van der Waals surface area (Å²) in [5.74, 6) is 0.943. The summed E-state index contributed by atoms with van der Waals surface area (Å²) in [6, 6.07) is 6.42. The first-order chi connectivity index (χ1) is 12.5. The van der Waals surface area contributed by atoms with Crippen LogP contribution >= 0.6 is 11.3 Å². The molecular formula is C21H24N4S. The minimum Gasteiger partial charge on any atom is -0.294 e. The third-order valence-corrected chi connectivity index (χ3v) is 5.41. The fraction of sp³-hybridized carbons (Fsp3) is 0.381. The molecular weight excluding hydrogens is 340 g/mol. The number of hydrogen-bond acceptors (Lipinski definition) is 5. The van der Waals surface area contributed by atoms with Crippen LogP contribution in [-0.4, -0.2) is 26.4 Å². The summed E-state index contributed by atoms with van der Waals surface area (Å²) >= 11 is 1.70. The molecule has 0 bridgehead atoms. The lowest BCUT2D eigenvalue weighted by atomic mass is 9.95. The highest BCUT2D eigenvalue weighted by Crippen LogP contribution is 2.24. The van der Waals surface area contributed by atoms with Crippen LogP contribution in [0, 0.1) is 0 Å². The number of rotatable bonds is 3. The highest BCUT2D eigenvalue weighted by atomic mass is 32.1. The van der Waals surface area contributed by atoms with Gasteiger partial charge in [-0.15, -0.1) is 0 Å². The molecule has 0 atom stereocenters. The van der Waals surface area contributed by atoms with Crippen molar-refractivity contribution in [1.82, 2.24) is 19.9 Å². The summed E-state index contributed by atoms with van der Waals surface area (Å²) in [5, 5.41) is 4.22. The van der Waals surface area contributed by atoms with Crippen molar-refractivity contribution in [2.45, 2.75) is 45.7 Å². The number of thiophene rings is 1. The van der Waals surface area contributed by atoms with Crippen LogP contribution < -0.4 is 0 Å². The van der Waals surface area contributed by atoms with Crippen LogP contribution in [0.25, 0.3) is 11.3 Å². The fourth-order valence-electron chi connectivity index (χ4n) is 3.23. The van der Waals surface area contributed by atoms with E-state index in [-0.39, 0.29) is 5.41 Å². The first-order valence-corrected chi connectivity index (χ1v) is 9.98. The molecule has 4 heterocycles. The molecule has 5 heteroatoms. The molecule has 0 aliphatic carbocycles. The minimum absolute atomic E-state index is 0.00202. The van der Waals surface area contributed by atoms with Crippen molar-refractivity contribution in [3.05, 3.63) is 64.0 Å². The van der Waals surface area contributed by atoms with Gasteiger partial charge in [0.25, 0.3) is 0 Å². The second-order valence-corrected chi connectivity index (χ2v) is 8.72. The topological polar surface area (TPSA) is 41.9 Å². The zero-order valence-corrected chi connectivity index (χ0v) is 16.4. The van der Waals surface area contributed by atoms with E-state index in [1.165, 1.54) is 22.4 Å². The Bertz CT molecular complexity index is 879. The van der Waals surface area contributed by atoms with E-state index in [4.69, 9.17) is 4.98 Å². The van der Waals surface area contributed by atoms with Gasteiger partial charge in [-0.1, -0.05) is 26.8 Å². The fourth-order valence-corrected chi connectivity index (χ4v) is 3.88. The Kier molecular flexibility index (Phi) is 4.59. The van der Waals surface area contributed by atoms with E-state index in [1.807, 2.05) is 12.4 Å². The molecule has 0 unspecified atom stereocenters. The van der Waals surface area contributed by atoms with E-state index in [0.717, 1.165) is 37.6 Å². The average Bonchev–Trinajstić information content (AvgIpc) is 3.16. The van der Waals surface area contributed by atoms with Crippen LogP contribution in [0.3, 0.4) is 0 Å². The predicted octanol–water partition coefficient (Wildman–Crippen LogP) is 4.46. The molecule has 26 heavy (non-hydrogen) atoms. The highest BCUT2D eigenvalue weighted by molar-refractivity contribution is 7.08. The first-order valence-electron chi connectivity index (χ1n) is 9.04. The largest absolute Gasteiger partial charge is 0.294 e. The van der Waals surface area contributed by atoms with Gasteiger partial charge in [-0.2, -0.15) is 11.3 Å². The van der Waals surface area contributed by atoms with Gasteiger partial charge in [0.2, 0.25) is 0 Å². The van der Waals surface area contributed by atoms with E-state index in [2.05, 4.69) is 64.6 Å². The van der Waals surface area contributed by atoms with Crippen LogP contribution in [0.4, 0.5) is 0 Å². The van der Waals surface area contributed by atoms with E-state index in [0.29, 0.717) is 0 Å². The van der Waals surface area contributed by atoms with E-state index in [1.54, 1.807) is 11.3 Å². The molecule has 3 aromatic heterocycles. The molecule has 0 saturated heterocycles. The number of hydrogen-bond donors (Lipinski definition) is 0. The number of fused-ring (bicyclic) bond motifs is 1. The van der Waals surface area contributed by atoms with Gasteiger partial charge in [-0.25, -0.2) is 9.97 Å². The van der Waals surface area contributed by atoms with Crippen molar-refractivity contribution in [2.75, 3.05) is 6.54 Å². The van der Waals surface area contributed by atoms with Crippen LogP contribution in [-0.2, 0) is 24.9 Å². The van der Waals surface area contributed by atoms with Gasteiger partial charge in [-0.3, -0.25) is 9.88 Å². The zero-order chi connectivity index (χ0) is 18.1. The Morgan fingerprint density at radius 1 is 1.12 bits per heavy atom. The third kappa shape index (κ3) is 3.69. The van der Waals surface area contributed by atoms with Crippen molar-refractivity contribution in [3.8, 4) is 11.3 Å². The normalized spacial score (nSPS) is 15.0. The second kappa shape index (κ2) is 6.89. The zero-order valence-electron chi connectivity index (χ0n) is 15.6. The molecule has 0 fully saturated rings. The van der Waals surface area contributed by atoms with E-state index < -0.39 is 0 Å². The Morgan fingerprint density at radius 3 is 2.69 bits per heavy atom. The first kappa shape index (κ1) is 17.3. The monoisotopic (exact) mass is 364 g/mol. The van der Waals surface area contributed by atoms with Crippen LogP contribution in [0.5, 0.6) is 0 Å². The van der Waals surface area contributed by atoms with Gasteiger partial charge in [0.05, 0.1) is 5.69 Å². The summed E-state index contributed by atoms with van der Waals surface area (Å²) in [7, 11) is 0. The number of nitrogens with zero attached hydrogens (tertiary/aromatic N) is 4. The van der Waals surface area contributed by atoms with Crippen LogP contribution in [0.2, 0.25) is 0 Å². The van der Waals surface area contributed by atoms with Crippen molar-refractivity contribution >= 4 is 11.3 Å². The van der Waals surface area contributed by atoms with Gasteiger partial charge in [0.15, 0.2) is 0 Å². The number of pyridine rings is 1. The Labute approximate surface area is 159 Å². The maximum Gasteiger partial charge on any atom is 0.133 e. The van der Waals surface area contributed by atoms with Crippen molar-refractivity contribution in [3.63, 3.8) is 0 Å². The van der Waals surface area contributed by atoms with Gasteiger partial charge in [-0.05, 0) is 23.1 Å². The Hall–Kier alpha value is -2.11. The SMILES string of the molecule is CC(C)(C)c1ncc2c(n1)CCN(Cc1ccc(-c3ccsc3)nc1)C2. The lowest BCUT2D eigenvalue weighted by molar-refractivity contribution is 0.242. The molecule has 4 nitrogen and oxygen atoms in total. The standard InChI is InChI=1S/C21H24N4S/c1-21(2,3)20-23-11-17-13-25(8-6-19(17)24-20)12-15-4-5-18(22-10-15)16-7-9-26-14-16/h4-5,7,9-11,14H,6,8,12-13H2,1-3H3. The second-order valence-electron chi connectivity index (χ2n) is 7.94. The molecule has 3 aromatic rings. The summed E-state index contributed by atoms with van der Waals surface area (Å²) < 4.78 is 0. The molecule has 0 spiro atoms. The molecule has 1 aliphatic rings. The Morgan fingerprint density at radius 2 is 2.00 bits per heavy atom. The summed E-state index contributed by atoms with van der Waals surface area (Å²) in [6.07, 6.45) is 5.01. The predicted molar refractivity (Wildman–Crippen MR) is 106 cm³/mol. The molecule has 134 valence electrons. The van der Waals surface area contributed by atoms with Crippen molar-refractivity contribution < 1.29 is 0 Å². The minimum atomic E-state index is 0.00202. The quantitative estimate of drug-likeness (QED) is 0.688. The number of aromatic nitrogens is 3. The molecule has 4 rings (SSSR count). The third-order valence-electron chi connectivity index (χ3n) is 4.73. The van der Waals surface area contributed by atoms with Gasteiger partial charge >= 0.3 is 0 Å². The van der Waals surface area contributed by atoms with E-state index in [9.17, 15) is 0 Å².